The van der Waals surface area contributed by atoms with Crippen LogP contribution in [0, 0.1) is 17.8 Å². The molecule has 1 fully saturated rings. The number of para-hydroxylation sites is 1. The molecular formula is C34H47N2O5P. The average Bonchev–Trinajstić information content (AvgIpc) is 2.99. The molecule has 0 saturated heterocycles. The van der Waals surface area contributed by atoms with Gasteiger partial charge in [-0.1, -0.05) is 45.4 Å². The highest BCUT2D eigenvalue weighted by Gasteiger charge is 2.44. The van der Waals surface area contributed by atoms with Crippen LogP contribution in [0.15, 0.2) is 66.7 Å². The van der Waals surface area contributed by atoms with Gasteiger partial charge in [0.2, 0.25) is 5.75 Å². The molecule has 42 heavy (non-hydrogen) atoms. The molecule has 0 radical (unpaired) electrons. The molecule has 0 heterocycles. The van der Waals surface area contributed by atoms with Gasteiger partial charge in [0.1, 0.15) is 5.78 Å². The highest BCUT2D eigenvalue weighted by Crippen LogP contribution is 2.62. The first-order chi connectivity index (χ1) is 20.1. The number of hydrogen-bond donors (Lipinski definition) is 1. The number of methoxy groups -OCH3 is 3. The van der Waals surface area contributed by atoms with Crippen molar-refractivity contribution in [2.75, 3.05) is 45.6 Å². The van der Waals surface area contributed by atoms with Crippen LogP contribution in [-0.2, 0) is 9.09 Å². The van der Waals surface area contributed by atoms with Crippen LogP contribution in [0.5, 0.6) is 17.2 Å². The minimum Gasteiger partial charge on any atom is -0.493 e. The summed E-state index contributed by atoms with van der Waals surface area (Å²) in [4.78, 5) is 2.03. The van der Waals surface area contributed by atoms with Crippen molar-refractivity contribution in [3.05, 3.63) is 72.3 Å². The van der Waals surface area contributed by atoms with Gasteiger partial charge in [0.15, 0.2) is 11.5 Å². The molecule has 0 spiro atoms. The Labute approximate surface area is 252 Å². The summed E-state index contributed by atoms with van der Waals surface area (Å²) in [5.74, 6) is 1.95. The molecule has 1 aliphatic carbocycles. The zero-order valence-electron chi connectivity index (χ0n) is 26.3. The Bertz CT molecular complexity index is 1320. The third kappa shape index (κ3) is 6.90. The van der Waals surface area contributed by atoms with Gasteiger partial charge in [-0.05, 0) is 84.7 Å². The quantitative estimate of drug-likeness (QED) is 0.213. The van der Waals surface area contributed by atoms with E-state index in [1.807, 2.05) is 85.7 Å². The third-order valence-corrected chi connectivity index (χ3v) is 11.1. The van der Waals surface area contributed by atoms with E-state index in [1.54, 1.807) is 21.3 Å². The molecular weight excluding hydrogens is 547 g/mol. The van der Waals surface area contributed by atoms with Gasteiger partial charge in [-0.2, -0.15) is 0 Å². The van der Waals surface area contributed by atoms with Crippen molar-refractivity contribution in [2.45, 2.75) is 51.9 Å². The molecule has 8 heteroatoms. The van der Waals surface area contributed by atoms with Crippen molar-refractivity contribution in [1.29, 1.82) is 0 Å². The minimum absolute atomic E-state index is 0.143. The van der Waals surface area contributed by atoms with Crippen LogP contribution in [0.1, 0.15) is 51.4 Å². The van der Waals surface area contributed by atoms with Crippen LogP contribution in [0.4, 0.5) is 11.4 Å². The van der Waals surface area contributed by atoms with Crippen molar-refractivity contribution in [2.24, 2.45) is 17.8 Å². The molecule has 0 amide bonds. The first-order valence-corrected chi connectivity index (χ1v) is 16.5. The minimum atomic E-state index is -3.66. The van der Waals surface area contributed by atoms with Gasteiger partial charge in [0.05, 0.1) is 27.4 Å². The number of benzene rings is 3. The average molecular weight is 595 g/mol. The van der Waals surface area contributed by atoms with Crippen LogP contribution >= 0.6 is 7.37 Å². The Morgan fingerprint density at radius 1 is 0.881 bits per heavy atom. The molecule has 5 atom stereocenters. The molecule has 1 N–H and O–H groups in total. The lowest BCUT2D eigenvalue weighted by Crippen LogP contribution is -2.35. The summed E-state index contributed by atoms with van der Waals surface area (Å²) in [5.41, 5.74) is 2.58. The Kier molecular flexibility index (Phi) is 10.5. The van der Waals surface area contributed by atoms with E-state index in [-0.39, 0.29) is 6.10 Å². The zero-order chi connectivity index (χ0) is 30.4. The van der Waals surface area contributed by atoms with Gasteiger partial charge >= 0.3 is 0 Å². The van der Waals surface area contributed by atoms with Crippen molar-refractivity contribution in [1.82, 2.24) is 0 Å². The van der Waals surface area contributed by atoms with Gasteiger partial charge in [-0.25, -0.2) is 0 Å². The van der Waals surface area contributed by atoms with Crippen LogP contribution in [-0.4, -0.2) is 41.5 Å². The second kappa shape index (κ2) is 13.9. The molecule has 1 aliphatic rings. The summed E-state index contributed by atoms with van der Waals surface area (Å²) in [6, 6.07) is 21.5. The maximum atomic E-state index is 15.9. The summed E-state index contributed by atoms with van der Waals surface area (Å²) in [6.07, 6.45) is 2.94. The fourth-order valence-corrected chi connectivity index (χ4v) is 8.59. The lowest BCUT2D eigenvalue weighted by atomic mass is 9.75. The maximum Gasteiger partial charge on any atom is 0.258 e. The van der Waals surface area contributed by atoms with Crippen LogP contribution in [0.25, 0.3) is 0 Å². The molecule has 0 bridgehead atoms. The smallest absolute Gasteiger partial charge is 0.258 e. The van der Waals surface area contributed by atoms with Crippen molar-refractivity contribution in [3.8, 4) is 17.2 Å². The zero-order valence-corrected chi connectivity index (χ0v) is 27.2. The highest BCUT2D eigenvalue weighted by atomic mass is 31.2. The number of nitrogens with zero attached hydrogens (tertiary/aromatic N) is 1. The van der Waals surface area contributed by atoms with Gasteiger partial charge in [0.25, 0.3) is 7.37 Å². The summed E-state index contributed by atoms with van der Waals surface area (Å²) in [5, 5.41) is 4.27. The fraction of sp³-hybridized carbons (Fsp3) is 0.471. The van der Waals surface area contributed by atoms with Crippen molar-refractivity contribution >= 4 is 24.0 Å². The van der Waals surface area contributed by atoms with Gasteiger partial charge in [-0.3, -0.25) is 4.57 Å². The SMILES string of the molecule is COc1cc(C(Nc2ccccc2)P(=O)(OC2CC(C)CCC2C(C)C)c2ccc(N(C)C)cc2)cc(OC)c1OC. The van der Waals surface area contributed by atoms with Gasteiger partial charge in [0, 0.05) is 30.8 Å². The molecule has 4 rings (SSSR count). The Morgan fingerprint density at radius 2 is 1.50 bits per heavy atom. The molecule has 228 valence electrons. The molecule has 3 aromatic carbocycles. The first kappa shape index (κ1) is 31.8. The van der Waals surface area contributed by atoms with Crippen LogP contribution in [0.2, 0.25) is 0 Å². The van der Waals surface area contributed by atoms with E-state index in [9.17, 15) is 0 Å². The first-order valence-electron chi connectivity index (χ1n) is 14.8. The second-order valence-corrected chi connectivity index (χ2v) is 14.3. The van der Waals surface area contributed by atoms with Crippen molar-refractivity contribution < 1.29 is 23.3 Å². The van der Waals surface area contributed by atoms with E-state index in [0.29, 0.717) is 40.3 Å². The normalized spacial score (nSPS) is 20.8. The lowest BCUT2D eigenvalue weighted by Gasteiger charge is -2.41. The largest absolute Gasteiger partial charge is 0.493 e. The van der Waals surface area contributed by atoms with Gasteiger partial charge < -0.3 is 29.0 Å². The number of hydrogen-bond acceptors (Lipinski definition) is 7. The molecule has 7 nitrogen and oxygen atoms in total. The predicted octanol–water partition coefficient (Wildman–Crippen LogP) is 7.97. The number of ether oxygens (including phenoxy) is 3. The summed E-state index contributed by atoms with van der Waals surface area (Å²) in [7, 11) is 5.10. The summed E-state index contributed by atoms with van der Waals surface area (Å²) >= 11 is 0. The molecule has 3 aromatic rings. The Balaban J connectivity index is 1.95. The van der Waals surface area contributed by atoms with E-state index < -0.39 is 13.2 Å². The molecule has 0 aliphatic heterocycles. The van der Waals surface area contributed by atoms with Gasteiger partial charge in [-0.15, -0.1) is 0 Å². The molecule has 5 unspecified atom stereocenters. The molecule has 1 saturated carbocycles. The lowest BCUT2D eigenvalue weighted by molar-refractivity contribution is 0.0488. The topological polar surface area (TPSA) is 69.3 Å². The van der Waals surface area contributed by atoms with Crippen molar-refractivity contribution in [3.63, 3.8) is 0 Å². The molecule has 0 aromatic heterocycles. The predicted molar refractivity (Wildman–Crippen MR) is 173 cm³/mol. The van der Waals surface area contributed by atoms with E-state index in [0.717, 1.165) is 36.2 Å². The second-order valence-electron chi connectivity index (χ2n) is 11.8. The Hall–Kier alpha value is -3.15. The third-order valence-electron chi connectivity index (χ3n) is 8.40. The standard InChI is InChI=1S/C34H47N2O5P/c1-23(2)29-19-14-24(3)20-30(29)41-42(37,28-17-15-27(16-18-28)36(4)5)34(35-26-12-10-9-11-13-26)25-21-31(38-6)33(40-8)32(22-25)39-7/h9-13,15-18,21-24,29-30,34-35H,14,19-20H2,1-8H3. The monoisotopic (exact) mass is 594 g/mol. The van der Waals surface area contributed by atoms with Crippen LogP contribution < -0.4 is 29.7 Å². The maximum absolute atomic E-state index is 15.9. The van der Waals surface area contributed by atoms with Crippen LogP contribution in [0.3, 0.4) is 0 Å². The summed E-state index contributed by atoms with van der Waals surface area (Å²) < 4.78 is 40.0. The summed E-state index contributed by atoms with van der Waals surface area (Å²) in [6.45, 7) is 6.75. The van der Waals surface area contributed by atoms with E-state index >= 15 is 4.57 Å². The number of anilines is 2. The number of nitrogens with one attached hydrogen (secondary N) is 1. The Morgan fingerprint density at radius 3 is 2.02 bits per heavy atom. The highest BCUT2D eigenvalue weighted by molar-refractivity contribution is 7.67. The fourth-order valence-electron chi connectivity index (χ4n) is 5.98. The van der Waals surface area contributed by atoms with E-state index in [2.05, 4.69) is 26.1 Å². The van der Waals surface area contributed by atoms with E-state index in [4.69, 9.17) is 18.7 Å². The van der Waals surface area contributed by atoms with E-state index in [1.165, 1.54) is 0 Å². The number of rotatable bonds is 12.